The number of ether oxygens (including phenoxy) is 3. The van der Waals surface area contributed by atoms with Gasteiger partial charge in [-0.25, -0.2) is 4.98 Å². The average molecular weight is 493 g/mol. The number of halogens is 3. The Hall–Kier alpha value is -1.28. The molecule has 1 aromatic heterocycles. The van der Waals surface area contributed by atoms with Crippen molar-refractivity contribution in [1.29, 1.82) is 0 Å². The minimum atomic E-state index is 0. The maximum atomic E-state index is 5.94. The molecule has 0 bridgehead atoms. The Labute approximate surface area is 202 Å². The van der Waals surface area contributed by atoms with Gasteiger partial charge in [0.1, 0.15) is 11.8 Å². The van der Waals surface area contributed by atoms with Crippen molar-refractivity contribution in [2.24, 2.45) is 0 Å². The van der Waals surface area contributed by atoms with E-state index in [9.17, 15) is 0 Å². The SMILES string of the molecule is CCOc1cc(CNCCCN2CCOCC2)ccc1OCc1ccc(Cl)nc1.Cl.Cl. The monoisotopic (exact) mass is 491 g/mol. The Kier molecular flexibility index (Phi) is 13.9. The van der Waals surface area contributed by atoms with Crippen molar-refractivity contribution in [3.8, 4) is 11.5 Å². The van der Waals surface area contributed by atoms with E-state index in [2.05, 4.69) is 21.3 Å². The number of hydrogen-bond acceptors (Lipinski definition) is 6. The van der Waals surface area contributed by atoms with Gasteiger partial charge in [0.25, 0.3) is 0 Å². The molecular formula is C22H32Cl3N3O3. The van der Waals surface area contributed by atoms with Crippen LogP contribution in [0.25, 0.3) is 0 Å². The fourth-order valence-corrected chi connectivity index (χ4v) is 3.30. The zero-order valence-electron chi connectivity index (χ0n) is 17.8. The quantitative estimate of drug-likeness (QED) is 0.371. The molecule has 1 aromatic carbocycles. The number of nitrogens with zero attached hydrogens (tertiary/aromatic N) is 2. The summed E-state index contributed by atoms with van der Waals surface area (Å²) in [7, 11) is 0. The highest BCUT2D eigenvalue weighted by Gasteiger charge is 2.10. The highest BCUT2D eigenvalue weighted by Crippen LogP contribution is 2.29. The first kappa shape index (κ1) is 27.8. The molecule has 1 N–H and O–H groups in total. The van der Waals surface area contributed by atoms with Gasteiger partial charge in [-0.3, -0.25) is 4.90 Å². The molecule has 1 fully saturated rings. The van der Waals surface area contributed by atoms with E-state index in [1.165, 1.54) is 5.56 Å². The van der Waals surface area contributed by atoms with Crippen molar-refractivity contribution in [3.05, 3.63) is 52.8 Å². The third-order valence-electron chi connectivity index (χ3n) is 4.75. The molecule has 31 heavy (non-hydrogen) atoms. The molecular weight excluding hydrogens is 461 g/mol. The van der Waals surface area contributed by atoms with Gasteiger partial charge in [-0.1, -0.05) is 23.7 Å². The second-order valence-electron chi connectivity index (χ2n) is 6.98. The summed E-state index contributed by atoms with van der Waals surface area (Å²) in [6.07, 6.45) is 2.85. The van der Waals surface area contributed by atoms with Crippen LogP contribution in [0.5, 0.6) is 11.5 Å². The van der Waals surface area contributed by atoms with Crippen molar-refractivity contribution in [1.82, 2.24) is 15.2 Å². The van der Waals surface area contributed by atoms with Gasteiger partial charge in [0.2, 0.25) is 0 Å². The Bertz CT molecular complexity index is 745. The average Bonchev–Trinajstić information content (AvgIpc) is 2.75. The van der Waals surface area contributed by atoms with Crippen LogP contribution in [-0.4, -0.2) is 55.9 Å². The number of rotatable bonds is 11. The lowest BCUT2D eigenvalue weighted by atomic mass is 10.2. The molecule has 0 amide bonds. The van der Waals surface area contributed by atoms with Crippen molar-refractivity contribution < 1.29 is 14.2 Å². The van der Waals surface area contributed by atoms with Gasteiger partial charge in [-0.05, 0) is 50.2 Å². The van der Waals surface area contributed by atoms with Crippen molar-refractivity contribution in [2.45, 2.75) is 26.5 Å². The predicted molar refractivity (Wildman–Crippen MR) is 129 cm³/mol. The van der Waals surface area contributed by atoms with E-state index in [1.807, 2.05) is 25.1 Å². The third-order valence-corrected chi connectivity index (χ3v) is 4.98. The largest absolute Gasteiger partial charge is 0.490 e. The molecule has 0 radical (unpaired) electrons. The predicted octanol–water partition coefficient (Wildman–Crippen LogP) is 4.37. The molecule has 2 aromatic rings. The Morgan fingerprint density at radius 2 is 1.84 bits per heavy atom. The molecule has 0 saturated carbocycles. The van der Waals surface area contributed by atoms with Crippen LogP contribution in [0, 0.1) is 0 Å². The molecule has 174 valence electrons. The lowest BCUT2D eigenvalue weighted by Gasteiger charge is -2.26. The lowest BCUT2D eigenvalue weighted by molar-refractivity contribution is 0.0374. The van der Waals surface area contributed by atoms with Gasteiger partial charge in [0, 0.05) is 31.4 Å². The summed E-state index contributed by atoms with van der Waals surface area (Å²) in [5, 5.41) is 4.00. The zero-order valence-corrected chi connectivity index (χ0v) is 20.2. The van der Waals surface area contributed by atoms with Crippen LogP contribution >= 0.6 is 36.4 Å². The van der Waals surface area contributed by atoms with Crippen molar-refractivity contribution in [2.75, 3.05) is 46.0 Å². The first-order chi connectivity index (χ1) is 14.2. The zero-order chi connectivity index (χ0) is 20.3. The minimum absolute atomic E-state index is 0. The molecule has 0 unspecified atom stereocenters. The van der Waals surface area contributed by atoms with Gasteiger partial charge in [-0.15, -0.1) is 24.8 Å². The number of pyridine rings is 1. The van der Waals surface area contributed by atoms with Crippen LogP contribution in [-0.2, 0) is 17.9 Å². The van der Waals surface area contributed by atoms with Crippen LogP contribution in [0.1, 0.15) is 24.5 Å². The molecule has 3 rings (SSSR count). The highest BCUT2D eigenvalue weighted by molar-refractivity contribution is 6.29. The molecule has 1 aliphatic rings. The summed E-state index contributed by atoms with van der Waals surface area (Å²) in [5.41, 5.74) is 2.14. The molecule has 1 saturated heterocycles. The fourth-order valence-electron chi connectivity index (χ4n) is 3.19. The standard InChI is InChI=1S/C22H30ClN3O3.2ClH/c1-2-28-21-14-18(15-24-8-3-9-26-10-12-27-13-11-26)4-6-20(21)29-17-19-5-7-22(23)25-16-19;;/h4-7,14,16,24H,2-3,8-13,15,17H2,1H3;2*1H. The third kappa shape index (κ3) is 9.81. The van der Waals surface area contributed by atoms with Crippen LogP contribution in [0.3, 0.4) is 0 Å². The summed E-state index contributed by atoms with van der Waals surface area (Å²) >= 11 is 5.83. The number of benzene rings is 1. The molecule has 6 nitrogen and oxygen atoms in total. The Balaban J connectivity index is 0.00000240. The number of aromatic nitrogens is 1. The number of morpholine rings is 1. The van der Waals surface area contributed by atoms with Crippen LogP contribution in [0.15, 0.2) is 36.5 Å². The van der Waals surface area contributed by atoms with E-state index < -0.39 is 0 Å². The summed E-state index contributed by atoms with van der Waals surface area (Å²) in [6, 6.07) is 9.77. The van der Waals surface area contributed by atoms with E-state index in [0.717, 1.165) is 69.4 Å². The van der Waals surface area contributed by atoms with E-state index in [-0.39, 0.29) is 24.8 Å². The molecule has 0 aliphatic carbocycles. The molecule has 1 aliphatic heterocycles. The normalized spacial score (nSPS) is 13.7. The second kappa shape index (κ2) is 15.5. The Morgan fingerprint density at radius 3 is 2.55 bits per heavy atom. The van der Waals surface area contributed by atoms with E-state index >= 15 is 0 Å². The number of nitrogens with one attached hydrogen (secondary N) is 1. The molecule has 0 spiro atoms. The van der Waals surface area contributed by atoms with Gasteiger partial charge in [0.15, 0.2) is 11.5 Å². The van der Waals surface area contributed by atoms with Gasteiger partial charge in [0.05, 0.1) is 19.8 Å². The van der Waals surface area contributed by atoms with Crippen LogP contribution in [0.2, 0.25) is 5.15 Å². The topological polar surface area (TPSA) is 55.9 Å². The van der Waals surface area contributed by atoms with E-state index in [4.69, 9.17) is 25.8 Å². The van der Waals surface area contributed by atoms with Crippen molar-refractivity contribution in [3.63, 3.8) is 0 Å². The second-order valence-corrected chi connectivity index (χ2v) is 7.36. The smallest absolute Gasteiger partial charge is 0.161 e. The summed E-state index contributed by atoms with van der Waals surface area (Å²) in [4.78, 5) is 6.54. The van der Waals surface area contributed by atoms with Crippen molar-refractivity contribution >= 4 is 36.4 Å². The molecule has 0 atom stereocenters. The minimum Gasteiger partial charge on any atom is -0.490 e. The van der Waals surface area contributed by atoms with E-state index in [1.54, 1.807) is 12.3 Å². The van der Waals surface area contributed by atoms with E-state index in [0.29, 0.717) is 18.4 Å². The van der Waals surface area contributed by atoms with Gasteiger partial charge >= 0.3 is 0 Å². The first-order valence-corrected chi connectivity index (χ1v) is 10.6. The van der Waals surface area contributed by atoms with Gasteiger partial charge in [-0.2, -0.15) is 0 Å². The molecule has 2 heterocycles. The lowest BCUT2D eigenvalue weighted by Crippen LogP contribution is -2.37. The maximum Gasteiger partial charge on any atom is 0.161 e. The van der Waals surface area contributed by atoms with Crippen LogP contribution in [0.4, 0.5) is 0 Å². The first-order valence-electron chi connectivity index (χ1n) is 10.2. The van der Waals surface area contributed by atoms with Gasteiger partial charge < -0.3 is 19.5 Å². The molecule has 9 heteroatoms. The maximum absolute atomic E-state index is 5.94. The Morgan fingerprint density at radius 1 is 1.06 bits per heavy atom. The number of hydrogen-bond donors (Lipinski definition) is 1. The van der Waals surface area contributed by atoms with Crippen LogP contribution < -0.4 is 14.8 Å². The summed E-state index contributed by atoms with van der Waals surface area (Å²) < 4.78 is 17.1. The highest BCUT2D eigenvalue weighted by atomic mass is 35.5. The fraction of sp³-hybridized carbons (Fsp3) is 0.500. The summed E-state index contributed by atoms with van der Waals surface area (Å²) in [5.74, 6) is 1.50. The summed E-state index contributed by atoms with van der Waals surface area (Å²) in [6.45, 7) is 9.71.